The number of nitrogens with zero attached hydrogens (tertiary/aromatic N) is 1. The lowest BCUT2D eigenvalue weighted by Gasteiger charge is -2.06. The number of benzene rings is 2. The van der Waals surface area contributed by atoms with Crippen molar-refractivity contribution < 1.29 is 9.53 Å². The van der Waals surface area contributed by atoms with Gasteiger partial charge in [0.1, 0.15) is 5.75 Å². The van der Waals surface area contributed by atoms with Crippen LogP contribution in [-0.2, 0) is 11.2 Å². The molecule has 0 saturated heterocycles. The minimum absolute atomic E-state index is 0.111. The van der Waals surface area contributed by atoms with Gasteiger partial charge in [-0.3, -0.25) is 4.79 Å². The third kappa shape index (κ3) is 6.77. The fourth-order valence-electron chi connectivity index (χ4n) is 2.09. The molecular weight excluding hydrogens is 359 g/mol. The molecule has 4 nitrogen and oxygen atoms in total. The van der Waals surface area contributed by atoms with Crippen molar-refractivity contribution in [1.29, 1.82) is 0 Å². The molecule has 1 amide bonds. The predicted octanol–water partition coefficient (Wildman–Crippen LogP) is 4.87. The lowest BCUT2D eigenvalue weighted by Crippen LogP contribution is -2.24. The van der Waals surface area contributed by atoms with Gasteiger partial charge in [-0.2, -0.15) is 5.10 Å². The Labute approximate surface area is 157 Å². The molecule has 0 aliphatic heterocycles. The number of amides is 1. The highest BCUT2D eigenvalue weighted by molar-refractivity contribution is 6.36. The normalized spacial score (nSPS) is 10.8. The summed E-state index contributed by atoms with van der Waals surface area (Å²) in [4.78, 5) is 11.7. The Balaban J connectivity index is 1.77. The number of ether oxygens (including phenoxy) is 1. The van der Waals surface area contributed by atoms with E-state index in [-0.39, 0.29) is 12.5 Å². The van der Waals surface area contributed by atoms with Crippen molar-refractivity contribution in [2.45, 2.75) is 26.2 Å². The molecular formula is C19H20Cl2N2O2. The van der Waals surface area contributed by atoms with E-state index in [1.54, 1.807) is 18.2 Å². The summed E-state index contributed by atoms with van der Waals surface area (Å²) in [6.45, 7) is 2.06. The molecule has 0 atom stereocenters. The predicted molar refractivity (Wildman–Crippen MR) is 103 cm³/mol. The van der Waals surface area contributed by atoms with Crippen LogP contribution in [0.5, 0.6) is 5.75 Å². The van der Waals surface area contributed by atoms with Crippen LogP contribution in [0.2, 0.25) is 10.0 Å². The lowest BCUT2D eigenvalue weighted by molar-refractivity contribution is -0.123. The SMILES string of the molecule is CCCCc1ccc(OCC(=O)NN=Cc2ccc(Cl)cc2Cl)cc1. The first kappa shape index (κ1) is 19.3. The number of hydrazone groups is 1. The van der Waals surface area contributed by atoms with Crippen molar-refractivity contribution in [2.24, 2.45) is 5.10 Å². The van der Waals surface area contributed by atoms with E-state index in [1.807, 2.05) is 24.3 Å². The smallest absolute Gasteiger partial charge is 0.277 e. The minimum atomic E-state index is -0.351. The molecule has 0 saturated carbocycles. The monoisotopic (exact) mass is 378 g/mol. The largest absolute Gasteiger partial charge is 0.484 e. The summed E-state index contributed by atoms with van der Waals surface area (Å²) in [6.07, 6.45) is 4.84. The Morgan fingerprint density at radius 3 is 2.64 bits per heavy atom. The van der Waals surface area contributed by atoms with Crippen LogP contribution in [-0.4, -0.2) is 18.7 Å². The number of halogens is 2. The molecule has 1 N–H and O–H groups in total. The third-order valence-electron chi connectivity index (χ3n) is 3.47. The molecule has 25 heavy (non-hydrogen) atoms. The lowest BCUT2D eigenvalue weighted by atomic mass is 10.1. The van der Waals surface area contributed by atoms with Gasteiger partial charge in [-0.1, -0.05) is 54.7 Å². The van der Waals surface area contributed by atoms with E-state index >= 15 is 0 Å². The molecule has 6 heteroatoms. The maximum Gasteiger partial charge on any atom is 0.277 e. The number of unbranched alkanes of at least 4 members (excludes halogenated alkanes) is 1. The maximum absolute atomic E-state index is 11.7. The van der Waals surface area contributed by atoms with Crippen LogP contribution < -0.4 is 10.2 Å². The molecule has 0 heterocycles. The van der Waals surface area contributed by atoms with E-state index in [2.05, 4.69) is 17.5 Å². The Morgan fingerprint density at radius 1 is 1.20 bits per heavy atom. The number of hydrogen-bond acceptors (Lipinski definition) is 3. The summed E-state index contributed by atoms with van der Waals surface area (Å²) >= 11 is 11.8. The summed E-state index contributed by atoms with van der Waals surface area (Å²) in [5, 5.41) is 4.86. The number of hydrogen-bond donors (Lipinski definition) is 1. The molecule has 0 bridgehead atoms. The Hall–Kier alpha value is -2.04. The second kappa shape index (κ2) is 10.1. The van der Waals surface area contributed by atoms with Crippen molar-refractivity contribution in [1.82, 2.24) is 5.43 Å². The standard InChI is InChI=1S/C19H20Cl2N2O2/c1-2-3-4-14-5-9-17(10-6-14)25-13-19(24)23-22-12-15-7-8-16(20)11-18(15)21/h5-12H,2-4,13H2,1H3,(H,23,24). The van der Waals surface area contributed by atoms with Gasteiger partial charge in [-0.25, -0.2) is 5.43 Å². The minimum Gasteiger partial charge on any atom is -0.484 e. The average molecular weight is 379 g/mol. The second-order valence-corrected chi connectivity index (χ2v) is 6.34. The van der Waals surface area contributed by atoms with E-state index in [4.69, 9.17) is 27.9 Å². The fraction of sp³-hybridized carbons (Fsp3) is 0.263. The highest BCUT2D eigenvalue weighted by atomic mass is 35.5. The molecule has 132 valence electrons. The van der Waals surface area contributed by atoms with Crippen molar-refractivity contribution in [3.05, 3.63) is 63.6 Å². The van der Waals surface area contributed by atoms with E-state index < -0.39 is 0 Å². The first-order chi connectivity index (χ1) is 12.1. The van der Waals surface area contributed by atoms with Crippen LogP contribution in [0.1, 0.15) is 30.9 Å². The van der Waals surface area contributed by atoms with Crippen LogP contribution in [0.4, 0.5) is 0 Å². The number of nitrogens with one attached hydrogen (secondary N) is 1. The quantitative estimate of drug-likeness (QED) is 0.526. The van der Waals surface area contributed by atoms with Crippen molar-refractivity contribution in [3.63, 3.8) is 0 Å². The zero-order valence-corrected chi connectivity index (χ0v) is 15.5. The molecule has 0 aliphatic rings. The number of aryl methyl sites for hydroxylation is 1. The first-order valence-corrected chi connectivity index (χ1v) is 8.82. The summed E-state index contributed by atoms with van der Waals surface area (Å²) < 4.78 is 5.44. The molecule has 0 fully saturated rings. The highest BCUT2D eigenvalue weighted by Gasteiger charge is 2.03. The Kier molecular flexibility index (Phi) is 7.76. The van der Waals surface area contributed by atoms with Crippen molar-refractivity contribution >= 4 is 35.3 Å². The van der Waals surface area contributed by atoms with Gasteiger partial charge in [-0.05, 0) is 42.7 Å². The molecule has 2 aromatic carbocycles. The molecule has 2 rings (SSSR count). The first-order valence-electron chi connectivity index (χ1n) is 8.07. The summed E-state index contributed by atoms with van der Waals surface area (Å²) in [5.74, 6) is 0.302. The molecule has 0 spiro atoms. The van der Waals surface area contributed by atoms with Crippen LogP contribution in [0.25, 0.3) is 0 Å². The summed E-state index contributed by atoms with van der Waals surface area (Å²) in [5.41, 5.74) is 4.33. The summed E-state index contributed by atoms with van der Waals surface area (Å²) in [7, 11) is 0. The van der Waals surface area contributed by atoms with Gasteiger partial charge < -0.3 is 4.74 Å². The summed E-state index contributed by atoms with van der Waals surface area (Å²) in [6, 6.07) is 12.8. The Bertz CT molecular complexity index is 731. The fourth-order valence-corrected chi connectivity index (χ4v) is 2.55. The van der Waals surface area contributed by atoms with Gasteiger partial charge in [0.15, 0.2) is 6.61 Å². The van der Waals surface area contributed by atoms with E-state index in [9.17, 15) is 4.79 Å². The third-order valence-corrected chi connectivity index (χ3v) is 4.03. The zero-order valence-electron chi connectivity index (χ0n) is 14.0. The van der Waals surface area contributed by atoms with Crippen LogP contribution in [0.3, 0.4) is 0 Å². The molecule has 0 aromatic heterocycles. The van der Waals surface area contributed by atoms with Crippen LogP contribution in [0, 0.1) is 0 Å². The molecule has 0 aliphatic carbocycles. The van der Waals surface area contributed by atoms with Gasteiger partial charge in [0, 0.05) is 10.6 Å². The Morgan fingerprint density at radius 2 is 1.96 bits per heavy atom. The number of carbonyl (C=O) groups is 1. The van der Waals surface area contributed by atoms with E-state index in [0.717, 1.165) is 12.8 Å². The van der Waals surface area contributed by atoms with Gasteiger partial charge in [-0.15, -0.1) is 0 Å². The second-order valence-electron chi connectivity index (χ2n) is 5.50. The van der Waals surface area contributed by atoms with E-state index in [0.29, 0.717) is 21.4 Å². The van der Waals surface area contributed by atoms with Crippen molar-refractivity contribution in [2.75, 3.05) is 6.61 Å². The average Bonchev–Trinajstić information content (AvgIpc) is 2.61. The number of carbonyl (C=O) groups excluding carboxylic acids is 1. The topological polar surface area (TPSA) is 50.7 Å². The van der Waals surface area contributed by atoms with E-state index in [1.165, 1.54) is 18.2 Å². The van der Waals surface area contributed by atoms with Crippen LogP contribution in [0.15, 0.2) is 47.6 Å². The van der Waals surface area contributed by atoms with Gasteiger partial charge in [0.05, 0.1) is 11.2 Å². The molecule has 0 radical (unpaired) electrons. The van der Waals surface area contributed by atoms with Crippen molar-refractivity contribution in [3.8, 4) is 5.75 Å². The van der Waals surface area contributed by atoms with Gasteiger partial charge in [0.2, 0.25) is 0 Å². The molecule has 0 unspecified atom stereocenters. The zero-order chi connectivity index (χ0) is 18.1. The highest BCUT2D eigenvalue weighted by Crippen LogP contribution is 2.19. The molecule has 2 aromatic rings. The maximum atomic E-state index is 11.7. The van der Waals surface area contributed by atoms with Gasteiger partial charge in [0.25, 0.3) is 5.91 Å². The van der Waals surface area contributed by atoms with Gasteiger partial charge >= 0.3 is 0 Å². The number of rotatable bonds is 8. The van der Waals surface area contributed by atoms with Crippen LogP contribution >= 0.6 is 23.2 Å².